The number of H-pyrrole nitrogens is 1. The molecule has 0 aliphatic rings. The van der Waals surface area contributed by atoms with Crippen molar-refractivity contribution in [2.45, 2.75) is 26.4 Å². The van der Waals surface area contributed by atoms with Crippen molar-refractivity contribution in [2.75, 3.05) is 5.32 Å². The number of aromatic nitrogens is 5. The average molecular weight is 284 g/mol. The Labute approximate surface area is 121 Å². The van der Waals surface area contributed by atoms with Gasteiger partial charge in [0.05, 0.1) is 6.04 Å². The summed E-state index contributed by atoms with van der Waals surface area (Å²) in [6, 6.07) is 10.0. The minimum atomic E-state index is -0.415. The Morgan fingerprint density at radius 2 is 2.05 bits per heavy atom. The summed E-state index contributed by atoms with van der Waals surface area (Å²) in [7, 11) is 0. The number of hydrogen-bond donors (Lipinski definition) is 2. The van der Waals surface area contributed by atoms with Gasteiger partial charge in [-0.15, -0.1) is 5.10 Å². The maximum Gasteiger partial charge on any atom is 0.348 e. The van der Waals surface area contributed by atoms with Crippen LogP contribution in [0.3, 0.4) is 0 Å². The Hall–Kier alpha value is -2.70. The van der Waals surface area contributed by atoms with Gasteiger partial charge in [-0.3, -0.25) is 4.98 Å². The first-order valence-corrected chi connectivity index (χ1v) is 6.78. The predicted octanol–water partition coefficient (Wildman–Crippen LogP) is 1.71. The van der Waals surface area contributed by atoms with Crippen molar-refractivity contribution >= 4 is 17.0 Å². The molecule has 3 rings (SSSR count). The van der Waals surface area contributed by atoms with Gasteiger partial charge in [-0.25, -0.2) is 9.48 Å². The molecule has 0 aliphatic heterocycles. The van der Waals surface area contributed by atoms with Gasteiger partial charge in [0.25, 0.3) is 0 Å². The van der Waals surface area contributed by atoms with E-state index in [1.807, 2.05) is 44.2 Å². The molecular weight excluding hydrogens is 268 g/mol. The molecule has 0 saturated carbocycles. The highest BCUT2D eigenvalue weighted by Gasteiger charge is 2.14. The zero-order valence-corrected chi connectivity index (χ0v) is 11.9. The molecule has 21 heavy (non-hydrogen) atoms. The first kappa shape index (κ1) is 13.3. The molecule has 0 spiro atoms. The minimum absolute atomic E-state index is 0.0891. The number of anilines is 1. The summed E-state index contributed by atoms with van der Waals surface area (Å²) in [5.74, 6) is 0.542. The minimum Gasteiger partial charge on any atom is -0.365 e. The molecule has 2 heterocycles. The van der Waals surface area contributed by atoms with Gasteiger partial charge in [0, 0.05) is 6.54 Å². The molecule has 0 aliphatic carbocycles. The molecule has 0 unspecified atom stereocenters. The summed E-state index contributed by atoms with van der Waals surface area (Å²) in [5.41, 5.74) is 1.75. The summed E-state index contributed by atoms with van der Waals surface area (Å²) in [6.45, 7) is 4.52. The molecular formula is C14H16N6O. The van der Waals surface area contributed by atoms with Gasteiger partial charge < -0.3 is 5.32 Å². The predicted molar refractivity (Wildman–Crippen MR) is 80.1 cm³/mol. The van der Waals surface area contributed by atoms with Gasteiger partial charge in [-0.05, 0) is 19.4 Å². The highest BCUT2D eigenvalue weighted by Crippen LogP contribution is 2.18. The Morgan fingerprint density at radius 3 is 2.76 bits per heavy atom. The quantitative estimate of drug-likeness (QED) is 0.761. The molecule has 0 saturated heterocycles. The van der Waals surface area contributed by atoms with Crippen molar-refractivity contribution in [3.63, 3.8) is 0 Å². The molecule has 7 heteroatoms. The third-order valence-corrected chi connectivity index (χ3v) is 3.15. The normalized spacial score (nSPS) is 11.2. The average Bonchev–Trinajstić information content (AvgIpc) is 2.89. The highest BCUT2D eigenvalue weighted by molar-refractivity contribution is 5.81. The Kier molecular flexibility index (Phi) is 3.39. The molecule has 0 radical (unpaired) electrons. The van der Waals surface area contributed by atoms with Crippen molar-refractivity contribution in [2.24, 2.45) is 0 Å². The number of nitrogens with one attached hydrogen (secondary N) is 2. The Balaban J connectivity index is 1.97. The molecule has 2 N–H and O–H groups in total. The summed E-state index contributed by atoms with van der Waals surface area (Å²) in [4.78, 5) is 18.4. The van der Waals surface area contributed by atoms with Crippen LogP contribution in [0.1, 0.15) is 25.5 Å². The van der Waals surface area contributed by atoms with Gasteiger partial charge in [0.15, 0.2) is 11.2 Å². The maximum absolute atomic E-state index is 11.7. The number of aromatic amines is 1. The monoisotopic (exact) mass is 284 g/mol. The summed E-state index contributed by atoms with van der Waals surface area (Å²) >= 11 is 0. The van der Waals surface area contributed by atoms with Crippen LogP contribution in [0.15, 0.2) is 35.1 Å². The van der Waals surface area contributed by atoms with Crippen LogP contribution in [0, 0.1) is 0 Å². The van der Waals surface area contributed by atoms with Crippen molar-refractivity contribution in [1.82, 2.24) is 25.0 Å². The summed E-state index contributed by atoms with van der Waals surface area (Å²) in [5, 5.41) is 11.4. The number of hydrogen-bond acceptors (Lipinski definition) is 5. The van der Waals surface area contributed by atoms with Crippen molar-refractivity contribution in [1.29, 1.82) is 0 Å². The molecule has 7 nitrogen and oxygen atoms in total. The smallest absolute Gasteiger partial charge is 0.348 e. The van der Waals surface area contributed by atoms with E-state index in [4.69, 9.17) is 0 Å². The number of fused-ring (bicyclic) bond motifs is 1. The molecule has 0 amide bonds. The van der Waals surface area contributed by atoms with Crippen molar-refractivity contribution < 1.29 is 0 Å². The van der Waals surface area contributed by atoms with Gasteiger partial charge >= 0.3 is 5.69 Å². The fraction of sp³-hybridized carbons (Fsp3) is 0.286. The molecule has 0 bridgehead atoms. The van der Waals surface area contributed by atoms with Crippen LogP contribution in [0.2, 0.25) is 0 Å². The number of rotatable bonds is 4. The molecule has 2 aromatic heterocycles. The van der Waals surface area contributed by atoms with E-state index in [9.17, 15) is 4.79 Å². The largest absolute Gasteiger partial charge is 0.365 e. The van der Waals surface area contributed by atoms with E-state index < -0.39 is 5.69 Å². The van der Waals surface area contributed by atoms with Gasteiger partial charge in [0.1, 0.15) is 5.82 Å². The van der Waals surface area contributed by atoms with E-state index >= 15 is 0 Å². The van der Waals surface area contributed by atoms with Gasteiger partial charge in [-0.1, -0.05) is 35.5 Å². The number of nitrogens with zero attached hydrogens (tertiary/aromatic N) is 4. The van der Waals surface area contributed by atoms with Crippen LogP contribution in [0.5, 0.6) is 0 Å². The van der Waals surface area contributed by atoms with Crippen molar-refractivity contribution in [3.8, 4) is 0 Å². The lowest BCUT2D eigenvalue weighted by Gasteiger charge is -2.07. The maximum atomic E-state index is 11.7. The molecule has 3 aromatic rings. The van der Waals surface area contributed by atoms with E-state index in [1.54, 1.807) is 4.68 Å². The van der Waals surface area contributed by atoms with E-state index in [0.717, 1.165) is 5.56 Å². The van der Waals surface area contributed by atoms with Crippen LogP contribution < -0.4 is 11.0 Å². The zero-order chi connectivity index (χ0) is 14.8. The SMILES string of the molecule is CC(C)n1nnc2c(NCc3ccccc3)[nH]c(=O)nc21. The van der Waals surface area contributed by atoms with E-state index in [0.29, 0.717) is 23.5 Å². The standard InChI is InChI=1S/C14H16N6O/c1-9(2)20-13-11(18-19-20)12(16-14(21)17-13)15-8-10-6-4-3-5-7-10/h3-7,9H,8H2,1-2H3,(H2,15,16,17,21). The van der Waals surface area contributed by atoms with Crippen molar-refractivity contribution in [3.05, 3.63) is 46.4 Å². The molecule has 0 fully saturated rings. The third-order valence-electron chi connectivity index (χ3n) is 3.15. The first-order valence-electron chi connectivity index (χ1n) is 6.78. The first-order chi connectivity index (χ1) is 10.1. The number of benzene rings is 1. The van der Waals surface area contributed by atoms with Crippen LogP contribution in [-0.2, 0) is 6.54 Å². The Morgan fingerprint density at radius 1 is 1.29 bits per heavy atom. The second-order valence-corrected chi connectivity index (χ2v) is 5.06. The highest BCUT2D eigenvalue weighted by atomic mass is 16.1. The Bertz CT molecular complexity index is 805. The van der Waals surface area contributed by atoms with Gasteiger partial charge in [-0.2, -0.15) is 4.98 Å². The zero-order valence-electron chi connectivity index (χ0n) is 11.9. The lowest BCUT2D eigenvalue weighted by atomic mass is 10.2. The summed E-state index contributed by atoms with van der Waals surface area (Å²) < 4.78 is 1.64. The van der Waals surface area contributed by atoms with Crippen LogP contribution in [0.4, 0.5) is 5.82 Å². The van der Waals surface area contributed by atoms with E-state index in [1.165, 1.54) is 0 Å². The second kappa shape index (κ2) is 5.35. The lowest BCUT2D eigenvalue weighted by molar-refractivity contribution is 0.526. The van der Waals surface area contributed by atoms with Crippen LogP contribution in [-0.4, -0.2) is 25.0 Å². The van der Waals surface area contributed by atoms with E-state index in [-0.39, 0.29) is 6.04 Å². The summed E-state index contributed by atoms with van der Waals surface area (Å²) in [6.07, 6.45) is 0. The van der Waals surface area contributed by atoms with Crippen LogP contribution in [0.25, 0.3) is 11.2 Å². The molecule has 0 atom stereocenters. The van der Waals surface area contributed by atoms with Crippen LogP contribution >= 0.6 is 0 Å². The third kappa shape index (κ3) is 2.62. The molecule has 108 valence electrons. The van der Waals surface area contributed by atoms with Gasteiger partial charge in [0.2, 0.25) is 0 Å². The fourth-order valence-electron chi connectivity index (χ4n) is 2.11. The lowest BCUT2D eigenvalue weighted by Crippen LogP contribution is -2.16. The second-order valence-electron chi connectivity index (χ2n) is 5.06. The molecule has 1 aromatic carbocycles. The topological polar surface area (TPSA) is 88.5 Å². The van der Waals surface area contributed by atoms with E-state index in [2.05, 4.69) is 25.6 Å². The fourth-order valence-corrected chi connectivity index (χ4v) is 2.11.